The zero-order valence-electron chi connectivity index (χ0n) is 19.8. The SMILES string of the molecule is C=C[C@H]1[C@@H](O[C@@H]2[C@@H](O)[C@H](O)[C@@H](CO)O[C@H]2O)OC=C2C(=O)N3CCc4cc(OC)c(O)cc4[C@H]3C[C@H]21. The van der Waals surface area contributed by atoms with E-state index in [0.717, 1.165) is 11.1 Å². The summed E-state index contributed by atoms with van der Waals surface area (Å²) in [7, 11) is 1.49. The van der Waals surface area contributed by atoms with Crippen LogP contribution in [0, 0.1) is 11.8 Å². The summed E-state index contributed by atoms with van der Waals surface area (Å²) in [6.45, 7) is 3.82. The first-order chi connectivity index (χ1) is 17.3. The molecule has 0 aliphatic carbocycles. The Kier molecular flexibility index (Phi) is 6.70. The molecule has 36 heavy (non-hydrogen) atoms. The fourth-order valence-corrected chi connectivity index (χ4v) is 5.77. The first-order valence-electron chi connectivity index (χ1n) is 11.9. The molecule has 5 N–H and O–H groups in total. The number of benzene rings is 1. The molecule has 1 aromatic carbocycles. The molecule has 4 aliphatic heterocycles. The van der Waals surface area contributed by atoms with Gasteiger partial charge in [0.15, 0.2) is 17.8 Å². The third-order valence-electron chi connectivity index (χ3n) is 7.70. The molecule has 1 aromatic rings. The van der Waals surface area contributed by atoms with Gasteiger partial charge in [-0.3, -0.25) is 4.79 Å². The van der Waals surface area contributed by atoms with Gasteiger partial charge in [0.1, 0.15) is 24.4 Å². The topological polar surface area (TPSA) is 158 Å². The maximum absolute atomic E-state index is 13.4. The number of rotatable bonds is 5. The summed E-state index contributed by atoms with van der Waals surface area (Å²) < 4.78 is 22.0. The van der Waals surface area contributed by atoms with Crippen molar-refractivity contribution in [1.82, 2.24) is 4.90 Å². The Hall–Kier alpha value is -2.67. The zero-order valence-corrected chi connectivity index (χ0v) is 19.8. The highest BCUT2D eigenvalue weighted by atomic mass is 16.7. The predicted molar refractivity (Wildman–Crippen MR) is 122 cm³/mol. The van der Waals surface area contributed by atoms with Crippen molar-refractivity contribution >= 4 is 5.91 Å². The van der Waals surface area contributed by atoms with Crippen molar-refractivity contribution in [2.45, 2.75) is 55.9 Å². The highest BCUT2D eigenvalue weighted by Gasteiger charge is 2.51. The van der Waals surface area contributed by atoms with Crippen molar-refractivity contribution in [3.05, 3.63) is 47.7 Å². The minimum atomic E-state index is -1.62. The first kappa shape index (κ1) is 25.0. The van der Waals surface area contributed by atoms with Crippen LogP contribution in [-0.4, -0.2) is 93.6 Å². The van der Waals surface area contributed by atoms with E-state index in [-0.39, 0.29) is 23.6 Å². The third-order valence-corrected chi connectivity index (χ3v) is 7.70. The number of nitrogens with zero attached hydrogens (tertiary/aromatic N) is 1. The monoisotopic (exact) mass is 505 g/mol. The number of phenols is 1. The lowest BCUT2D eigenvalue weighted by molar-refractivity contribution is -0.325. The Labute approximate surface area is 207 Å². The van der Waals surface area contributed by atoms with Gasteiger partial charge in [-0.2, -0.15) is 0 Å². The van der Waals surface area contributed by atoms with Crippen LogP contribution in [0.5, 0.6) is 11.5 Å². The fraction of sp³-hybridized carbons (Fsp3) is 0.560. The summed E-state index contributed by atoms with van der Waals surface area (Å²) in [6.07, 6.45) is -4.10. The van der Waals surface area contributed by atoms with Crippen LogP contribution in [0.3, 0.4) is 0 Å². The van der Waals surface area contributed by atoms with Crippen LogP contribution in [0.15, 0.2) is 36.6 Å². The van der Waals surface area contributed by atoms with E-state index in [1.54, 1.807) is 23.1 Å². The lowest BCUT2D eigenvalue weighted by atomic mass is 9.73. The van der Waals surface area contributed by atoms with Gasteiger partial charge in [0.2, 0.25) is 6.29 Å². The van der Waals surface area contributed by atoms with Crippen molar-refractivity contribution in [3.8, 4) is 11.5 Å². The smallest absolute Gasteiger partial charge is 0.253 e. The largest absolute Gasteiger partial charge is 0.504 e. The summed E-state index contributed by atoms with van der Waals surface area (Å²) in [5, 5.41) is 50.7. The number of aromatic hydroxyl groups is 1. The van der Waals surface area contributed by atoms with E-state index in [4.69, 9.17) is 18.9 Å². The minimum Gasteiger partial charge on any atom is -0.504 e. The van der Waals surface area contributed by atoms with Crippen molar-refractivity contribution in [2.24, 2.45) is 11.8 Å². The second-order valence-corrected chi connectivity index (χ2v) is 9.55. The lowest BCUT2D eigenvalue weighted by Gasteiger charge is -2.49. The second-order valence-electron chi connectivity index (χ2n) is 9.55. The number of hydrogen-bond acceptors (Lipinski definition) is 10. The summed E-state index contributed by atoms with van der Waals surface area (Å²) in [6, 6.07) is 3.16. The minimum absolute atomic E-state index is 0.000334. The summed E-state index contributed by atoms with van der Waals surface area (Å²) in [5.41, 5.74) is 2.32. The molecule has 196 valence electrons. The molecular weight excluding hydrogens is 474 g/mol. The molecule has 0 radical (unpaired) electrons. The molecule has 0 spiro atoms. The summed E-state index contributed by atoms with van der Waals surface area (Å²) in [5.74, 6) is -0.671. The van der Waals surface area contributed by atoms with E-state index in [0.29, 0.717) is 30.7 Å². The summed E-state index contributed by atoms with van der Waals surface area (Å²) in [4.78, 5) is 15.2. The van der Waals surface area contributed by atoms with E-state index in [1.807, 2.05) is 0 Å². The van der Waals surface area contributed by atoms with Crippen LogP contribution in [0.4, 0.5) is 0 Å². The number of hydrogen-bond donors (Lipinski definition) is 5. The van der Waals surface area contributed by atoms with Crippen LogP contribution in [0.25, 0.3) is 0 Å². The van der Waals surface area contributed by atoms with Crippen LogP contribution >= 0.6 is 0 Å². The molecule has 0 unspecified atom stereocenters. The molecule has 2 fully saturated rings. The van der Waals surface area contributed by atoms with Crippen molar-refractivity contribution < 1.29 is 49.3 Å². The number of fused-ring (bicyclic) bond motifs is 4. The molecule has 11 nitrogen and oxygen atoms in total. The Morgan fingerprint density at radius 1 is 1.25 bits per heavy atom. The molecule has 2 saturated heterocycles. The van der Waals surface area contributed by atoms with E-state index >= 15 is 0 Å². The van der Waals surface area contributed by atoms with E-state index in [2.05, 4.69) is 6.58 Å². The number of carbonyl (C=O) groups is 1. The molecule has 1 amide bonds. The van der Waals surface area contributed by atoms with Crippen molar-refractivity contribution in [3.63, 3.8) is 0 Å². The number of phenolic OH excluding ortho intramolecular Hbond substituents is 1. The number of amides is 1. The van der Waals surface area contributed by atoms with Crippen LogP contribution < -0.4 is 4.74 Å². The predicted octanol–water partition coefficient (Wildman–Crippen LogP) is -0.295. The number of aliphatic hydroxyl groups is 4. The quantitative estimate of drug-likeness (QED) is 0.337. The number of piperidine rings is 1. The normalized spacial score (nSPS) is 37.7. The van der Waals surface area contributed by atoms with Crippen LogP contribution in [0.2, 0.25) is 0 Å². The average Bonchev–Trinajstić information content (AvgIpc) is 2.88. The van der Waals surface area contributed by atoms with Gasteiger partial charge in [0, 0.05) is 18.4 Å². The lowest BCUT2D eigenvalue weighted by Crippen LogP contribution is -2.61. The van der Waals surface area contributed by atoms with Gasteiger partial charge in [-0.05, 0) is 36.1 Å². The van der Waals surface area contributed by atoms with Gasteiger partial charge in [-0.25, -0.2) is 0 Å². The molecule has 4 heterocycles. The Bertz CT molecular complexity index is 1060. The number of methoxy groups -OCH3 is 1. The second kappa shape index (κ2) is 9.66. The molecule has 4 aliphatic rings. The van der Waals surface area contributed by atoms with Crippen LogP contribution in [-0.2, 0) is 25.4 Å². The average molecular weight is 506 g/mol. The van der Waals surface area contributed by atoms with Gasteiger partial charge in [0.05, 0.1) is 31.6 Å². The number of ether oxygens (including phenoxy) is 4. The van der Waals surface area contributed by atoms with Gasteiger partial charge < -0.3 is 49.4 Å². The van der Waals surface area contributed by atoms with Gasteiger partial charge >= 0.3 is 0 Å². The Morgan fingerprint density at radius 2 is 2.03 bits per heavy atom. The third kappa shape index (κ3) is 3.96. The molecule has 9 atom stereocenters. The molecular formula is C25H31NO10. The first-order valence-corrected chi connectivity index (χ1v) is 11.9. The van der Waals surface area contributed by atoms with E-state index in [1.165, 1.54) is 13.4 Å². The van der Waals surface area contributed by atoms with E-state index in [9.17, 15) is 30.3 Å². The fourth-order valence-electron chi connectivity index (χ4n) is 5.77. The molecule has 11 heteroatoms. The highest BCUT2D eigenvalue weighted by molar-refractivity contribution is 5.95. The Morgan fingerprint density at radius 3 is 2.72 bits per heavy atom. The highest BCUT2D eigenvalue weighted by Crippen LogP contribution is 2.49. The van der Waals surface area contributed by atoms with Crippen molar-refractivity contribution in [1.29, 1.82) is 0 Å². The van der Waals surface area contributed by atoms with Gasteiger partial charge in [-0.1, -0.05) is 6.08 Å². The molecule has 0 saturated carbocycles. The maximum Gasteiger partial charge on any atom is 0.253 e. The van der Waals surface area contributed by atoms with Gasteiger partial charge in [-0.15, -0.1) is 6.58 Å². The van der Waals surface area contributed by atoms with Crippen LogP contribution in [0.1, 0.15) is 23.6 Å². The van der Waals surface area contributed by atoms with E-state index < -0.39 is 49.5 Å². The number of carbonyl (C=O) groups excluding carboxylic acids is 1. The molecule has 0 aromatic heterocycles. The summed E-state index contributed by atoms with van der Waals surface area (Å²) >= 11 is 0. The standard InChI is InChI=1S/C25H31NO10/c1-3-12-14-7-16-13-8-17(28)18(33-2)6-11(13)4-5-26(16)23(31)15(14)10-34-25(12)36-22-21(30)20(29)19(9-27)35-24(22)32/h3,6,8,10,12,14,16,19-22,24-25,27-30,32H,1,4-5,7,9H2,2H3/t12-,14+,16-,19-,20-,21+,22-,24-,25-/m1/s1. The number of aliphatic hydroxyl groups excluding tert-OH is 4. The van der Waals surface area contributed by atoms with Gasteiger partial charge in [0.25, 0.3) is 5.91 Å². The zero-order chi connectivity index (χ0) is 25.7. The molecule has 0 bridgehead atoms. The molecule has 5 rings (SSSR count). The Balaban J connectivity index is 1.41. The van der Waals surface area contributed by atoms with Crippen molar-refractivity contribution in [2.75, 3.05) is 20.3 Å². The maximum atomic E-state index is 13.4.